The lowest BCUT2D eigenvalue weighted by Gasteiger charge is -2.31. The first kappa shape index (κ1) is 16.8. The number of amides is 1. The number of ether oxygens (including phenoxy) is 1. The van der Waals surface area contributed by atoms with Crippen molar-refractivity contribution in [2.75, 3.05) is 26.2 Å². The molecule has 2 aliphatic rings. The zero-order chi connectivity index (χ0) is 15.3. The second-order valence-electron chi connectivity index (χ2n) is 7.09. The van der Waals surface area contributed by atoms with Gasteiger partial charge in [0.1, 0.15) is 5.60 Å². The van der Waals surface area contributed by atoms with Gasteiger partial charge in [0, 0.05) is 25.7 Å². The minimum Gasteiger partial charge on any atom is -0.366 e. The third-order valence-corrected chi connectivity index (χ3v) is 5.01. The van der Waals surface area contributed by atoms with Crippen LogP contribution in [-0.4, -0.2) is 48.7 Å². The largest absolute Gasteiger partial charge is 0.366 e. The van der Waals surface area contributed by atoms with Crippen LogP contribution in [0.1, 0.15) is 59.3 Å². The molecule has 0 aromatic heterocycles. The Kier molecular flexibility index (Phi) is 6.06. The number of carbonyl (C=O) groups is 1. The highest BCUT2D eigenvalue weighted by atomic mass is 16.5. The van der Waals surface area contributed by atoms with Crippen molar-refractivity contribution in [1.29, 1.82) is 0 Å². The van der Waals surface area contributed by atoms with E-state index < -0.39 is 5.60 Å². The molecule has 0 unspecified atom stereocenters. The molecule has 0 aromatic carbocycles. The molecule has 2 fully saturated rings. The Labute approximate surface area is 129 Å². The highest BCUT2D eigenvalue weighted by Gasteiger charge is 2.31. The van der Waals surface area contributed by atoms with E-state index in [1.807, 2.05) is 20.8 Å². The molecular formula is C17H32N2O2. The van der Waals surface area contributed by atoms with E-state index in [0.717, 1.165) is 19.1 Å². The van der Waals surface area contributed by atoms with E-state index in [0.29, 0.717) is 12.5 Å². The maximum atomic E-state index is 12.1. The minimum absolute atomic E-state index is 0.0143. The van der Waals surface area contributed by atoms with Crippen molar-refractivity contribution in [2.24, 2.45) is 5.92 Å². The molecule has 1 N–H and O–H groups in total. The Morgan fingerprint density at radius 3 is 2.62 bits per heavy atom. The van der Waals surface area contributed by atoms with Crippen LogP contribution >= 0.6 is 0 Å². The van der Waals surface area contributed by atoms with Gasteiger partial charge in [0.2, 0.25) is 0 Å². The van der Waals surface area contributed by atoms with Gasteiger partial charge < -0.3 is 15.0 Å². The van der Waals surface area contributed by atoms with Crippen LogP contribution in [0, 0.1) is 5.92 Å². The maximum Gasteiger partial charge on any atom is 0.251 e. The third-order valence-electron chi connectivity index (χ3n) is 5.01. The van der Waals surface area contributed by atoms with E-state index in [1.54, 1.807) is 0 Å². The molecule has 4 nitrogen and oxygen atoms in total. The van der Waals surface area contributed by atoms with Gasteiger partial charge in [0.15, 0.2) is 0 Å². The molecule has 1 saturated heterocycles. The first-order valence-electron chi connectivity index (χ1n) is 8.69. The van der Waals surface area contributed by atoms with Gasteiger partial charge in [-0.3, -0.25) is 4.79 Å². The molecule has 0 spiro atoms. The molecule has 4 heteroatoms. The summed E-state index contributed by atoms with van der Waals surface area (Å²) in [7, 11) is 0. The molecule has 1 saturated carbocycles. The standard InChI is InChI=1S/C17H32N2O2/c1-4-21-17(2,3)16(20)18-12-14-10-11-19(13-14)15-8-6-5-7-9-15/h14-15H,4-13H2,1-3H3,(H,18,20)/t14-/m0/s1. The molecule has 21 heavy (non-hydrogen) atoms. The number of hydrogen-bond donors (Lipinski definition) is 1. The van der Waals surface area contributed by atoms with Crippen LogP contribution in [0.25, 0.3) is 0 Å². The van der Waals surface area contributed by atoms with Gasteiger partial charge in [0.25, 0.3) is 5.91 Å². The van der Waals surface area contributed by atoms with Crippen LogP contribution in [-0.2, 0) is 9.53 Å². The SMILES string of the molecule is CCOC(C)(C)C(=O)NC[C@@H]1CCN(C2CCCCC2)C1. The van der Waals surface area contributed by atoms with Crippen molar-refractivity contribution in [3.05, 3.63) is 0 Å². The molecule has 0 bridgehead atoms. The summed E-state index contributed by atoms with van der Waals surface area (Å²) >= 11 is 0. The van der Waals surface area contributed by atoms with Crippen molar-refractivity contribution < 1.29 is 9.53 Å². The Balaban J connectivity index is 1.71. The molecule has 0 aromatic rings. The zero-order valence-electron chi connectivity index (χ0n) is 14.0. The Bertz CT molecular complexity index is 338. The lowest BCUT2D eigenvalue weighted by molar-refractivity contribution is -0.142. The van der Waals surface area contributed by atoms with Gasteiger partial charge in [-0.1, -0.05) is 19.3 Å². The molecule has 1 aliphatic carbocycles. The van der Waals surface area contributed by atoms with E-state index in [9.17, 15) is 4.79 Å². The number of hydrogen-bond acceptors (Lipinski definition) is 3. The van der Waals surface area contributed by atoms with Gasteiger partial charge in [-0.2, -0.15) is 0 Å². The summed E-state index contributed by atoms with van der Waals surface area (Å²) in [4.78, 5) is 14.8. The average molecular weight is 296 g/mol. The molecular weight excluding hydrogens is 264 g/mol. The number of nitrogens with one attached hydrogen (secondary N) is 1. The molecule has 2 rings (SSSR count). The molecule has 0 radical (unpaired) electrons. The highest BCUT2D eigenvalue weighted by molar-refractivity contribution is 5.84. The predicted octanol–water partition coefficient (Wildman–Crippen LogP) is 2.57. The molecule has 1 heterocycles. The van der Waals surface area contributed by atoms with Crippen molar-refractivity contribution >= 4 is 5.91 Å². The zero-order valence-corrected chi connectivity index (χ0v) is 14.0. The van der Waals surface area contributed by atoms with Crippen LogP contribution < -0.4 is 5.32 Å². The molecule has 1 aliphatic heterocycles. The van der Waals surface area contributed by atoms with Gasteiger partial charge in [-0.15, -0.1) is 0 Å². The minimum atomic E-state index is -0.712. The molecule has 122 valence electrons. The summed E-state index contributed by atoms with van der Waals surface area (Å²) in [6.07, 6.45) is 8.16. The van der Waals surface area contributed by atoms with Gasteiger partial charge in [0.05, 0.1) is 0 Å². The smallest absolute Gasteiger partial charge is 0.251 e. The predicted molar refractivity (Wildman–Crippen MR) is 85.3 cm³/mol. The van der Waals surface area contributed by atoms with Gasteiger partial charge >= 0.3 is 0 Å². The summed E-state index contributed by atoms with van der Waals surface area (Å²) in [6.45, 7) is 9.33. The van der Waals surface area contributed by atoms with Gasteiger partial charge in [-0.05, 0) is 52.5 Å². The topological polar surface area (TPSA) is 41.6 Å². The quantitative estimate of drug-likeness (QED) is 0.819. The monoisotopic (exact) mass is 296 g/mol. The average Bonchev–Trinajstić information content (AvgIpc) is 2.94. The first-order chi connectivity index (χ1) is 10.0. The Morgan fingerprint density at radius 1 is 1.24 bits per heavy atom. The molecule has 1 atom stereocenters. The highest BCUT2D eigenvalue weighted by Crippen LogP contribution is 2.27. The maximum absolute atomic E-state index is 12.1. The van der Waals surface area contributed by atoms with Crippen molar-refractivity contribution in [3.63, 3.8) is 0 Å². The summed E-state index contributed by atoms with van der Waals surface area (Å²) < 4.78 is 5.50. The van der Waals surface area contributed by atoms with Crippen LogP contribution in [0.5, 0.6) is 0 Å². The fourth-order valence-electron chi connectivity index (χ4n) is 3.68. The number of rotatable bonds is 6. The van der Waals surface area contributed by atoms with Crippen molar-refractivity contribution in [1.82, 2.24) is 10.2 Å². The second kappa shape index (κ2) is 7.59. The van der Waals surface area contributed by atoms with Crippen LogP contribution in [0.3, 0.4) is 0 Å². The van der Waals surface area contributed by atoms with E-state index in [1.165, 1.54) is 45.1 Å². The normalized spacial score (nSPS) is 25.2. The van der Waals surface area contributed by atoms with E-state index >= 15 is 0 Å². The number of likely N-dealkylation sites (tertiary alicyclic amines) is 1. The number of nitrogens with zero attached hydrogens (tertiary/aromatic N) is 1. The summed E-state index contributed by atoms with van der Waals surface area (Å²) in [5.41, 5.74) is -0.712. The fourth-order valence-corrected chi connectivity index (χ4v) is 3.68. The van der Waals surface area contributed by atoms with Crippen LogP contribution in [0.4, 0.5) is 0 Å². The first-order valence-corrected chi connectivity index (χ1v) is 8.69. The lowest BCUT2D eigenvalue weighted by atomic mass is 9.94. The Morgan fingerprint density at radius 2 is 1.95 bits per heavy atom. The lowest BCUT2D eigenvalue weighted by Crippen LogP contribution is -2.46. The Hall–Kier alpha value is -0.610. The third kappa shape index (κ3) is 4.68. The van der Waals surface area contributed by atoms with E-state index in [-0.39, 0.29) is 5.91 Å². The summed E-state index contributed by atoms with van der Waals surface area (Å²) in [5.74, 6) is 0.619. The van der Waals surface area contributed by atoms with E-state index in [2.05, 4.69) is 10.2 Å². The molecule has 1 amide bonds. The summed E-state index contributed by atoms with van der Waals surface area (Å²) in [6, 6.07) is 0.805. The summed E-state index contributed by atoms with van der Waals surface area (Å²) in [5, 5.41) is 3.08. The number of carbonyl (C=O) groups excluding carboxylic acids is 1. The van der Waals surface area contributed by atoms with Crippen LogP contribution in [0.15, 0.2) is 0 Å². The fraction of sp³-hybridized carbons (Fsp3) is 0.941. The van der Waals surface area contributed by atoms with Crippen molar-refractivity contribution in [3.8, 4) is 0 Å². The second-order valence-corrected chi connectivity index (χ2v) is 7.09. The van der Waals surface area contributed by atoms with E-state index in [4.69, 9.17) is 4.74 Å². The van der Waals surface area contributed by atoms with Crippen LogP contribution in [0.2, 0.25) is 0 Å². The van der Waals surface area contributed by atoms with Gasteiger partial charge in [-0.25, -0.2) is 0 Å². The van der Waals surface area contributed by atoms with Crippen molar-refractivity contribution in [2.45, 2.75) is 70.9 Å².